The highest BCUT2D eigenvalue weighted by atomic mass is 32.2. The number of carbonyl (C=O) groups excluding carboxylic acids is 1. The fourth-order valence-electron chi connectivity index (χ4n) is 2.83. The van der Waals surface area contributed by atoms with Gasteiger partial charge in [0.25, 0.3) is 0 Å². The van der Waals surface area contributed by atoms with E-state index in [2.05, 4.69) is 43.2 Å². The van der Waals surface area contributed by atoms with Crippen LogP contribution in [0.4, 0.5) is 0 Å². The van der Waals surface area contributed by atoms with Crippen LogP contribution in [0.25, 0.3) is 0 Å². The molecule has 2 rings (SSSR count). The highest BCUT2D eigenvalue weighted by molar-refractivity contribution is 8.17. The molecule has 0 aromatic rings. The molecule has 2 fully saturated rings. The van der Waals surface area contributed by atoms with Gasteiger partial charge in [-0.1, -0.05) is 19.6 Å². The van der Waals surface area contributed by atoms with Gasteiger partial charge in [0.2, 0.25) is 0 Å². The van der Waals surface area contributed by atoms with Crippen molar-refractivity contribution in [3.63, 3.8) is 0 Å². The Hall–Kier alpha value is 0.587. The zero-order chi connectivity index (χ0) is 12.5. The Kier molecular flexibility index (Phi) is 4.70. The molecule has 17 heavy (non-hydrogen) atoms. The monoisotopic (exact) mass is 288 g/mol. The van der Waals surface area contributed by atoms with Gasteiger partial charge in [0.1, 0.15) is 5.78 Å². The van der Waals surface area contributed by atoms with Gasteiger partial charge in [0.05, 0.1) is 4.58 Å². The maximum absolute atomic E-state index is 12.0. The zero-order valence-electron chi connectivity index (χ0n) is 11.2. The molecule has 1 saturated heterocycles. The van der Waals surface area contributed by atoms with Crippen LogP contribution in [0.15, 0.2) is 0 Å². The first-order valence-electron chi connectivity index (χ1n) is 6.71. The van der Waals surface area contributed by atoms with Crippen molar-refractivity contribution in [2.24, 2.45) is 5.92 Å². The van der Waals surface area contributed by atoms with Crippen LogP contribution < -0.4 is 0 Å². The summed E-state index contributed by atoms with van der Waals surface area (Å²) in [4.78, 5) is 12.0. The summed E-state index contributed by atoms with van der Waals surface area (Å²) in [5, 5.41) is 0. The van der Waals surface area contributed by atoms with Gasteiger partial charge in [-0.25, -0.2) is 0 Å². The molecule has 0 spiro atoms. The smallest absolute Gasteiger partial charge is 0.133 e. The number of ketones is 1. The fourth-order valence-corrected chi connectivity index (χ4v) is 7.87. The van der Waals surface area contributed by atoms with E-state index in [0.29, 0.717) is 16.3 Å². The maximum Gasteiger partial charge on any atom is 0.133 e. The van der Waals surface area contributed by atoms with Gasteiger partial charge in [0, 0.05) is 20.9 Å². The number of Topliss-reactive ketones (excluding diaryl/α,β-unsaturated/α-hetero) is 1. The van der Waals surface area contributed by atoms with E-state index < -0.39 is 8.07 Å². The van der Waals surface area contributed by atoms with E-state index in [9.17, 15) is 4.79 Å². The molecule has 1 aliphatic carbocycles. The van der Waals surface area contributed by atoms with E-state index in [0.717, 1.165) is 18.4 Å². The summed E-state index contributed by atoms with van der Waals surface area (Å²) in [5.41, 5.74) is 0.733. The average molecular weight is 289 g/mol. The summed E-state index contributed by atoms with van der Waals surface area (Å²) in [6.07, 6.45) is 4.43. The molecule has 0 aromatic carbocycles. The molecule has 4 heteroatoms. The van der Waals surface area contributed by atoms with Crippen LogP contribution in [-0.4, -0.2) is 29.9 Å². The molecule has 98 valence electrons. The van der Waals surface area contributed by atoms with Crippen LogP contribution in [0.3, 0.4) is 0 Å². The van der Waals surface area contributed by atoms with E-state index in [-0.39, 0.29) is 0 Å². The van der Waals surface area contributed by atoms with Crippen molar-refractivity contribution in [1.29, 1.82) is 0 Å². The second kappa shape index (κ2) is 5.70. The third-order valence-electron chi connectivity index (χ3n) is 4.01. The summed E-state index contributed by atoms with van der Waals surface area (Å²) < 4.78 is 0.715. The normalized spacial score (nSPS) is 32.8. The van der Waals surface area contributed by atoms with Crippen LogP contribution in [-0.2, 0) is 4.79 Å². The first-order chi connectivity index (χ1) is 7.97. The lowest BCUT2D eigenvalue weighted by atomic mass is 9.89. The maximum atomic E-state index is 12.0. The van der Waals surface area contributed by atoms with E-state index in [1.54, 1.807) is 0 Å². The highest BCUT2D eigenvalue weighted by Gasteiger charge is 2.38. The van der Waals surface area contributed by atoms with Crippen LogP contribution in [0.5, 0.6) is 0 Å². The number of carbonyl (C=O) groups is 1. The molecule has 0 bridgehead atoms. The summed E-state index contributed by atoms with van der Waals surface area (Å²) >= 11 is 4.22. The molecule has 0 N–H and O–H groups in total. The van der Waals surface area contributed by atoms with Crippen LogP contribution in [0.1, 0.15) is 25.7 Å². The number of hydrogen-bond donors (Lipinski definition) is 0. The Morgan fingerprint density at radius 2 is 1.76 bits per heavy atom. The number of thioether (sulfide) groups is 2. The van der Waals surface area contributed by atoms with Gasteiger partial charge in [-0.15, -0.1) is 23.5 Å². The molecule has 1 aliphatic heterocycles. The summed E-state index contributed by atoms with van der Waals surface area (Å²) in [6, 6.07) is 0. The molecule has 2 atom stereocenters. The molecule has 0 aromatic heterocycles. The Labute approximate surface area is 115 Å². The van der Waals surface area contributed by atoms with Crippen LogP contribution in [0, 0.1) is 5.92 Å². The summed E-state index contributed by atoms with van der Waals surface area (Å²) in [7, 11) is -1.14. The topological polar surface area (TPSA) is 17.1 Å². The minimum absolute atomic E-state index is 0.542. The van der Waals surface area contributed by atoms with Gasteiger partial charge in [-0.2, -0.15) is 0 Å². The Bertz CT molecular complexity index is 282. The Morgan fingerprint density at radius 1 is 1.12 bits per heavy atom. The first-order valence-corrected chi connectivity index (χ1v) is 12.4. The van der Waals surface area contributed by atoms with E-state index in [4.69, 9.17) is 0 Å². The average Bonchev–Trinajstić information content (AvgIpc) is 2.28. The fraction of sp³-hybridized carbons (Fsp3) is 0.923. The van der Waals surface area contributed by atoms with Crippen LogP contribution >= 0.6 is 23.5 Å². The van der Waals surface area contributed by atoms with Crippen molar-refractivity contribution in [3.05, 3.63) is 0 Å². The first kappa shape index (κ1) is 14.0. The van der Waals surface area contributed by atoms with Gasteiger partial charge in [-0.05, 0) is 35.8 Å². The minimum atomic E-state index is -1.14. The van der Waals surface area contributed by atoms with Crippen molar-refractivity contribution in [1.82, 2.24) is 0 Å². The molecule has 1 saturated carbocycles. The van der Waals surface area contributed by atoms with E-state index >= 15 is 0 Å². The van der Waals surface area contributed by atoms with Gasteiger partial charge in [0.15, 0.2) is 0 Å². The van der Waals surface area contributed by atoms with Crippen molar-refractivity contribution >= 4 is 37.4 Å². The largest absolute Gasteiger partial charge is 0.300 e. The molecular formula is C13H24OS2Si. The zero-order valence-corrected chi connectivity index (χ0v) is 13.8. The van der Waals surface area contributed by atoms with Gasteiger partial charge >= 0.3 is 0 Å². The SMILES string of the molecule is C[Si](C)(C)C1CC(=O)CC(C2SCCCS2)C1. The summed E-state index contributed by atoms with van der Waals surface area (Å²) in [5.74, 6) is 3.82. The van der Waals surface area contributed by atoms with Crippen molar-refractivity contribution in [2.75, 3.05) is 11.5 Å². The molecule has 1 nitrogen and oxygen atoms in total. The second-order valence-corrected chi connectivity index (χ2v) is 14.8. The van der Waals surface area contributed by atoms with Crippen LogP contribution in [0.2, 0.25) is 25.2 Å². The summed E-state index contributed by atoms with van der Waals surface area (Å²) in [6.45, 7) is 7.28. The quantitative estimate of drug-likeness (QED) is 0.707. The number of hydrogen-bond acceptors (Lipinski definition) is 3. The predicted molar refractivity (Wildman–Crippen MR) is 82.8 cm³/mol. The standard InChI is InChI=1S/C13H24OS2Si/c1-17(2,3)12-8-10(7-11(14)9-12)13-15-5-4-6-16-13/h10,12-13H,4-9H2,1-3H3. The molecular weight excluding hydrogens is 264 g/mol. The molecule has 0 radical (unpaired) electrons. The molecule has 0 amide bonds. The van der Waals surface area contributed by atoms with E-state index in [1.165, 1.54) is 24.3 Å². The van der Waals surface area contributed by atoms with E-state index in [1.807, 2.05) is 0 Å². The molecule has 2 unspecified atom stereocenters. The van der Waals surface area contributed by atoms with Crippen molar-refractivity contribution in [2.45, 2.75) is 55.4 Å². The van der Waals surface area contributed by atoms with Crippen molar-refractivity contribution < 1.29 is 4.79 Å². The lowest BCUT2D eigenvalue weighted by molar-refractivity contribution is -0.121. The number of rotatable bonds is 2. The Morgan fingerprint density at radius 3 is 2.35 bits per heavy atom. The predicted octanol–water partition coefficient (Wildman–Crippen LogP) is 4.26. The lowest BCUT2D eigenvalue weighted by Crippen LogP contribution is -2.37. The minimum Gasteiger partial charge on any atom is -0.300 e. The third kappa shape index (κ3) is 3.77. The lowest BCUT2D eigenvalue weighted by Gasteiger charge is -2.39. The third-order valence-corrected chi connectivity index (χ3v) is 10.2. The van der Waals surface area contributed by atoms with Gasteiger partial charge in [-0.3, -0.25) is 4.79 Å². The van der Waals surface area contributed by atoms with Crippen molar-refractivity contribution in [3.8, 4) is 0 Å². The molecule has 2 aliphatic rings. The molecule has 1 heterocycles. The van der Waals surface area contributed by atoms with Gasteiger partial charge < -0.3 is 0 Å². The highest BCUT2D eigenvalue weighted by Crippen LogP contribution is 2.46. The second-order valence-electron chi connectivity index (χ2n) is 6.47. The Balaban J connectivity index is 2.00.